The summed E-state index contributed by atoms with van der Waals surface area (Å²) in [5.74, 6) is 0.869. The summed E-state index contributed by atoms with van der Waals surface area (Å²) in [6.07, 6.45) is 6.08. The smallest absolute Gasteiger partial charge is 0.310 e. The van der Waals surface area contributed by atoms with E-state index in [0.29, 0.717) is 24.8 Å². The maximum atomic E-state index is 11.0. The summed E-state index contributed by atoms with van der Waals surface area (Å²) in [6, 6.07) is 4.82. The Morgan fingerprint density at radius 2 is 2.05 bits per heavy atom. The van der Waals surface area contributed by atoms with Gasteiger partial charge in [-0.1, -0.05) is 25.3 Å². The predicted molar refractivity (Wildman–Crippen MR) is 73.1 cm³/mol. The van der Waals surface area contributed by atoms with Gasteiger partial charge >= 0.3 is 5.69 Å². The van der Waals surface area contributed by atoms with E-state index in [1.807, 2.05) is 0 Å². The fourth-order valence-electron chi connectivity index (χ4n) is 2.51. The van der Waals surface area contributed by atoms with Crippen molar-refractivity contribution in [1.82, 2.24) is 0 Å². The van der Waals surface area contributed by atoms with Gasteiger partial charge in [0.25, 0.3) is 0 Å². The van der Waals surface area contributed by atoms with E-state index < -0.39 is 4.92 Å². The minimum atomic E-state index is -0.406. The van der Waals surface area contributed by atoms with Crippen molar-refractivity contribution in [2.45, 2.75) is 38.6 Å². The molecule has 0 atom stereocenters. The van der Waals surface area contributed by atoms with Gasteiger partial charge in [0.05, 0.1) is 11.5 Å². The van der Waals surface area contributed by atoms with E-state index in [4.69, 9.17) is 10.5 Å². The Bertz CT molecular complexity index is 442. The Balaban J connectivity index is 2.06. The highest BCUT2D eigenvalue weighted by Gasteiger charge is 2.19. The minimum absolute atomic E-state index is 0.0213. The molecule has 2 N–H and O–H groups in total. The molecule has 1 aromatic rings. The van der Waals surface area contributed by atoms with E-state index in [9.17, 15) is 10.1 Å². The fourth-order valence-corrected chi connectivity index (χ4v) is 2.51. The van der Waals surface area contributed by atoms with Gasteiger partial charge < -0.3 is 10.5 Å². The zero-order valence-electron chi connectivity index (χ0n) is 11.0. The topological polar surface area (TPSA) is 78.4 Å². The highest BCUT2D eigenvalue weighted by molar-refractivity contribution is 5.48. The normalized spacial score (nSPS) is 16.3. The van der Waals surface area contributed by atoms with E-state index >= 15 is 0 Å². The molecule has 1 saturated carbocycles. The lowest BCUT2D eigenvalue weighted by molar-refractivity contribution is -0.385. The number of ether oxygens (including phenoxy) is 1. The highest BCUT2D eigenvalue weighted by atomic mass is 16.6. The van der Waals surface area contributed by atoms with Gasteiger partial charge in [-0.15, -0.1) is 0 Å². The van der Waals surface area contributed by atoms with Crippen molar-refractivity contribution in [1.29, 1.82) is 0 Å². The molecule has 0 unspecified atom stereocenters. The van der Waals surface area contributed by atoms with E-state index in [0.717, 1.165) is 18.4 Å². The van der Waals surface area contributed by atoms with Gasteiger partial charge in [0.15, 0.2) is 5.75 Å². The second-order valence-corrected chi connectivity index (χ2v) is 5.08. The molecule has 0 heterocycles. The third kappa shape index (κ3) is 3.67. The molecule has 1 aliphatic rings. The van der Waals surface area contributed by atoms with Crippen LogP contribution in [0.2, 0.25) is 0 Å². The molecule has 1 aliphatic carbocycles. The second kappa shape index (κ2) is 6.52. The van der Waals surface area contributed by atoms with Crippen molar-refractivity contribution in [2.24, 2.45) is 11.7 Å². The highest BCUT2D eigenvalue weighted by Crippen LogP contribution is 2.30. The summed E-state index contributed by atoms with van der Waals surface area (Å²) < 4.78 is 5.68. The van der Waals surface area contributed by atoms with Crippen LogP contribution in [0.1, 0.15) is 37.7 Å². The maximum Gasteiger partial charge on any atom is 0.310 e. The number of hydrogen-bond acceptors (Lipinski definition) is 4. The van der Waals surface area contributed by atoms with Crippen molar-refractivity contribution < 1.29 is 9.66 Å². The summed E-state index contributed by atoms with van der Waals surface area (Å²) in [4.78, 5) is 10.6. The summed E-state index contributed by atoms with van der Waals surface area (Å²) in [5, 5.41) is 11.0. The Labute approximate surface area is 112 Å². The Hall–Kier alpha value is -1.62. The van der Waals surface area contributed by atoms with Gasteiger partial charge in [-0.3, -0.25) is 10.1 Å². The molecule has 5 nitrogen and oxygen atoms in total. The van der Waals surface area contributed by atoms with Gasteiger partial charge in [0.1, 0.15) is 0 Å². The first-order valence-electron chi connectivity index (χ1n) is 6.81. The molecule has 0 bridgehead atoms. The minimum Gasteiger partial charge on any atom is -0.487 e. The quantitative estimate of drug-likeness (QED) is 0.655. The summed E-state index contributed by atoms with van der Waals surface area (Å²) in [5.41, 5.74) is 6.43. The Morgan fingerprint density at radius 1 is 1.32 bits per heavy atom. The number of nitrogens with two attached hydrogens (primary N) is 1. The maximum absolute atomic E-state index is 11.0. The Morgan fingerprint density at radius 3 is 2.68 bits per heavy atom. The van der Waals surface area contributed by atoms with Crippen LogP contribution in [0.5, 0.6) is 5.75 Å². The van der Waals surface area contributed by atoms with Crippen LogP contribution in [0.25, 0.3) is 0 Å². The van der Waals surface area contributed by atoms with E-state index in [1.54, 1.807) is 12.1 Å². The third-order valence-electron chi connectivity index (χ3n) is 3.66. The molecular weight excluding hydrogens is 244 g/mol. The number of nitrogens with zero attached hydrogens (tertiary/aromatic N) is 1. The monoisotopic (exact) mass is 264 g/mol. The van der Waals surface area contributed by atoms with E-state index in [2.05, 4.69) is 0 Å². The average molecular weight is 264 g/mol. The van der Waals surface area contributed by atoms with Gasteiger partial charge in [0, 0.05) is 12.6 Å². The summed E-state index contributed by atoms with van der Waals surface area (Å²) >= 11 is 0. The molecule has 0 saturated heterocycles. The molecule has 1 fully saturated rings. The van der Waals surface area contributed by atoms with Crippen molar-refractivity contribution in [2.75, 3.05) is 6.61 Å². The largest absolute Gasteiger partial charge is 0.487 e. The molecule has 104 valence electrons. The first-order chi connectivity index (χ1) is 9.20. The van der Waals surface area contributed by atoms with Crippen LogP contribution in [0, 0.1) is 16.0 Å². The SMILES string of the molecule is NCc1ccc([N+](=O)[O-])c(OCC2CCCCC2)c1. The molecule has 1 aromatic carbocycles. The second-order valence-electron chi connectivity index (χ2n) is 5.08. The average Bonchev–Trinajstić information content (AvgIpc) is 2.45. The molecule has 0 amide bonds. The number of benzene rings is 1. The zero-order chi connectivity index (χ0) is 13.7. The van der Waals surface area contributed by atoms with Crippen LogP contribution in [0.4, 0.5) is 5.69 Å². The first-order valence-corrected chi connectivity index (χ1v) is 6.81. The number of nitro benzene ring substituents is 1. The van der Waals surface area contributed by atoms with Crippen molar-refractivity contribution in [3.8, 4) is 5.75 Å². The van der Waals surface area contributed by atoms with Gasteiger partial charge in [0.2, 0.25) is 0 Å². The lowest BCUT2D eigenvalue weighted by Gasteiger charge is -2.21. The fraction of sp³-hybridized carbons (Fsp3) is 0.571. The van der Waals surface area contributed by atoms with Crippen molar-refractivity contribution >= 4 is 5.69 Å². The number of hydrogen-bond donors (Lipinski definition) is 1. The van der Waals surface area contributed by atoms with Crippen LogP contribution >= 0.6 is 0 Å². The molecule has 0 radical (unpaired) electrons. The lowest BCUT2D eigenvalue weighted by Crippen LogP contribution is -2.15. The molecular formula is C14H20N2O3. The molecule has 0 aliphatic heterocycles. The van der Waals surface area contributed by atoms with Crippen LogP contribution < -0.4 is 10.5 Å². The third-order valence-corrected chi connectivity index (χ3v) is 3.66. The summed E-state index contributed by atoms with van der Waals surface area (Å²) in [7, 11) is 0. The van der Waals surface area contributed by atoms with Crippen molar-refractivity contribution in [3.05, 3.63) is 33.9 Å². The molecule has 0 aromatic heterocycles. The van der Waals surface area contributed by atoms with Crippen LogP contribution in [0.3, 0.4) is 0 Å². The molecule has 2 rings (SSSR count). The molecule has 5 heteroatoms. The standard InChI is InChI=1S/C14H20N2O3/c15-9-12-6-7-13(16(17)18)14(8-12)19-10-11-4-2-1-3-5-11/h6-8,11H,1-5,9-10,15H2. The molecule has 19 heavy (non-hydrogen) atoms. The first kappa shape index (κ1) is 13.8. The number of nitro groups is 1. The summed E-state index contributed by atoms with van der Waals surface area (Å²) in [6.45, 7) is 0.923. The molecule has 0 spiro atoms. The van der Waals surface area contributed by atoms with Crippen LogP contribution in [-0.2, 0) is 6.54 Å². The zero-order valence-corrected chi connectivity index (χ0v) is 11.0. The van der Waals surface area contributed by atoms with E-state index in [-0.39, 0.29) is 5.69 Å². The predicted octanol–water partition coefficient (Wildman–Crippen LogP) is 3.01. The van der Waals surface area contributed by atoms with Crippen LogP contribution in [0.15, 0.2) is 18.2 Å². The van der Waals surface area contributed by atoms with Gasteiger partial charge in [-0.25, -0.2) is 0 Å². The number of rotatable bonds is 5. The van der Waals surface area contributed by atoms with Gasteiger partial charge in [-0.2, -0.15) is 0 Å². The van der Waals surface area contributed by atoms with Crippen molar-refractivity contribution in [3.63, 3.8) is 0 Å². The van der Waals surface area contributed by atoms with Crippen LogP contribution in [-0.4, -0.2) is 11.5 Å². The lowest BCUT2D eigenvalue weighted by atomic mass is 9.90. The van der Waals surface area contributed by atoms with Gasteiger partial charge in [-0.05, 0) is 30.4 Å². The van der Waals surface area contributed by atoms with E-state index in [1.165, 1.54) is 25.3 Å². The Kier molecular flexibility index (Phi) is 4.74.